The van der Waals surface area contributed by atoms with Gasteiger partial charge in [-0.05, 0) is 105 Å². The molecule has 7 aromatic carbocycles. The van der Waals surface area contributed by atoms with Crippen LogP contribution in [0.4, 0.5) is 17.1 Å². The van der Waals surface area contributed by atoms with E-state index in [2.05, 4.69) is 178 Å². The van der Waals surface area contributed by atoms with E-state index in [4.69, 9.17) is 0 Å². The number of aryl methyl sites for hydroxylation is 1. The average Bonchev–Trinajstić information content (AvgIpc) is 3.15. The minimum Gasteiger partial charge on any atom is -0.309 e. The van der Waals surface area contributed by atoms with Crippen molar-refractivity contribution in [3.63, 3.8) is 0 Å². The minimum absolute atomic E-state index is 0.0133. The maximum absolute atomic E-state index is 2.54. The molecule has 0 N–H and O–H groups in total. The molecule has 0 heterocycles. The van der Waals surface area contributed by atoms with Crippen molar-refractivity contribution >= 4 is 38.6 Å². The molecule has 0 spiro atoms. The number of hydrogen-bond acceptors (Lipinski definition) is 1. The summed E-state index contributed by atoms with van der Waals surface area (Å²) < 4.78 is 0. The van der Waals surface area contributed by atoms with E-state index in [0.29, 0.717) is 5.92 Å². The van der Waals surface area contributed by atoms with Gasteiger partial charge < -0.3 is 4.90 Å². The smallest absolute Gasteiger partial charge is 0.0543 e. The van der Waals surface area contributed by atoms with E-state index < -0.39 is 0 Å². The molecule has 1 aliphatic carbocycles. The molecule has 1 saturated carbocycles. The number of rotatable bonds is 6. The zero-order valence-electron chi connectivity index (χ0n) is 29.9. The predicted molar refractivity (Wildman–Crippen MR) is 216 cm³/mol. The van der Waals surface area contributed by atoms with Crippen LogP contribution in [0.15, 0.2) is 146 Å². The van der Waals surface area contributed by atoms with Crippen LogP contribution >= 0.6 is 0 Å². The molecule has 50 heavy (non-hydrogen) atoms. The minimum atomic E-state index is -0.0133. The summed E-state index contributed by atoms with van der Waals surface area (Å²) in [5.74, 6) is 0.602. The fraction of sp³-hybridized carbons (Fsp3) is 0.224. The second kappa shape index (κ2) is 13.3. The molecule has 0 unspecified atom stereocenters. The van der Waals surface area contributed by atoms with Crippen LogP contribution in [0.2, 0.25) is 0 Å². The highest BCUT2D eigenvalue weighted by atomic mass is 15.1. The highest BCUT2D eigenvalue weighted by molar-refractivity contribution is 6.05. The van der Waals surface area contributed by atoms with Gasteiger partial charge in [0.15, 0.2) is 0 Å². The van der Waals surface area contributed by atoms with Gasteiger partial charge in [-0.25, -0.2) is 0 Å². The van der Waals surface area contributed by atoms with Gasteiger partial charge in [0.05, 0.1) is 11.4 Å². The number of para-hydroxylation sites is 1. The van der Waals surface area contributed by atoms with Gasteiger partial charge in [-0.2, -0.15) is 0 Å². The van der Waals surface area contributed by atoms with Crippen molar-refractivity contribution in [3.05, 3.63) is 162 Å². The Morgan fingerprint density at radius 1 is 0.520 bits per heavy atom. The molecule has 8 rings (SSSR count). The molecular formula is C49H47N. The van der Waals surface area contributed by atoms with Crippen LogP contribution in [0.5, 0.6) is 0 Å². The highest BCUT2D eigenvalue weighted by Gasteiger charge is 2.26. The summed E-state index contributed by atoms with van der Waals surface area (Å²) in [4.78, 5) is 2.54. The van der Waals surface area contributed by atoms with Gasteiger partial charge in [-0.3, -0.25) is 0 Å². The summed E-state index contributed by atoms with van der Waals surface area (Å²) in [6.07, 6.45) is 6.55. The largest absolute Gasteiger partial charge is 0.309 e. The van der Waals surface area contributed by atoms with E-state index >= 15 is 0 Å². The van der Waals surface area contributed by atoms with Gasteiger partial charge >= 0.3 is 0 Å². The Bertz CT molecular complexity index is 2300. The molecule has 1 fully saturated rings. The van der Waals surface area contributed by atoms with Crippen LogP contribution in [-0.4, -0.2) is 0 Å². The lowest BCUT2D eigenvalue weighted by atomic mass is 9.78. The predicted octanol–water partition coefficient (Wildman–Crippen LogP) is 14.5. The van der Waals surface area contributed by atoms with E-state index in [1.165, 1.54) is 98.4 Å². The summed E-state index contributed by atoms with van der Waals surface area (Å²) in [6.45, 7) is 9.27. The number of nitrogens with zero attached hydrogens (tertiary/aromatic N) is 1. The molecule has 1 aliphatic rings. The quantitative estimate of drug-likeness (QED) is 0.173. The third kappa shape index (κ3) is 6.00. The van der Waals surface area contributed by atoms with Gasteiger partial charge in [-0.15, -0.1) is 0 Å². The highest BCUT2D eigenvalue weighted by Crippen LogP contribution is 2.49. The summed E-state index contributed by atoms with van der Waals surface area (Å²) in [7, 11) is 0. The van der Waals surface area contributed by atoms with Crippen LogP contribution in [0, 0.1) is 6.92 Å². The van der Waals surface area contributed by atoms with E-state index in [1.807, 2.05) is 0 Å². The lowest BCUT2D eigenvalue weighted by Crippen LogP contribution is -2.16. The first-order valence-electron chi connectivity index (χ1n) is 18.5. The first-order valence-corrected chi connectivity index (χ1v) is 18.5. The van der Waals surface area contributed by atoms with Crippen molar-refractivity contribution in [1.82, 2.24) is 0 Å². The Kier molecular flexibility index (Phi) is 8.53. The number of anilines is 3. The van der Waals surface area contributed by atoms with Crippen LogP contribution in [-0.2, 0) is 5.41 Å². The molecule has 248 valence electrons. The topological polar surface area (TPSA) is 3.24 Å². The number of benzene rings is 7. The van der Waals surface area contributed by atoms with Gasteiger partial charge in [0.2, 0.25) is 0 Å². The normalized spacial score (nSPS) is 13.9. The fourth-order valence-electron chi connectivity index (χ4n) is 8.32. The van der Waals surface area contributed by atoms with E-state index in [-0.39, 0.29) is 5.41 Å². The Labute approximate surface area is 298 Å². The molecule has 0 bridgehead atoms. The van der Waals surface area contributed by atoms with Gasteiger partial charge in [0.1, 0.15) is 0 Å². The van der Waals surface area contributed by atoms with E-state index in [0.717, 1.165) is 5.69 Å². The van der Waals surface area contributed by atoms with Crippen molar-refractivity contribution in [2.75, 3.05) is 4.90 Å². The maximum atomic E-state index is 2.54. The monoisotopic (exact) mass is 649 g/mol. The Morgan fingerprint density at radius 3 is 2.00 bits per heavy atom. The average molecular weight is 650 g/mol. The zero-order chi connectivity index (χ0) is 34.2. The number of fused-ring (bicyclic) bond motifs is 2. The Balaban J connectivity index is 1.44. The van der Waals surface area contributed by atoms with Crippen LogP contribution in [0.3, 0.4) is 0 Å². The molecule has 0 aromatic heterocycles. The van der Waals surface area contributed by atoms with Gasteiger partial charge in [0, 0.05) is 16.8 Å². The molecule has 0 atom stereocenters. The van der Waals surface area contributed by atoms with E-state index in [1.54, 1.807) is 5.56 Å². The zero-order valence-corrected chi connectivity index (χ0v) is 29.9. The first kappa shape index (κ1) is 32.1. The van der Waals surface area contributed by atoms with Crippen molar-refractivity contribution in [2.45, 2.75) is 71.1 Å². The lowest BCUT2D eigenvalue weighted by molar-refractivity contribution is 0.444. The summed E-state index contributed by atoms with van der Waals surface area (Å²) in [5, 5.41) is 5.25. The third-order valence-corrected chi connectivity index (χ3v) is 10.9. The van der Waals surface area contributed by atoms with Crippen molar-refractivity contribution < 1.29 is 0 Å². The Morgan fingerprint density at radius 2 is 1.20 bits per heavy atom. The molecule has 0 saturated heterocycles. The molecule has 0 amide bonds. The van der Waals surface area contributed by atoms with Crippen molar-refractivity contribution in [2.24, 2.45) is 0 Å². The molecule has 1 heteroatoms. The first-order chi connectivity index (χ1) is 24.4. The molecule has 1 nitrogen and oxygen atoms in total. The second-order valence-electron chi connectivity index (χ2n) is 15.3. The van der Waals surface area contributed by atoms with Crippen LogP contribution < -0.4 is 4.90 Å². The maximum Gasteiger partial charge on any atom is 0.0543 e. The van der Waals surface area contributed by atoms with Gasteiger partial charge in [-0.1, -0.05) is 161 Å². The third-order valence-electron chi connectivity index (χ3n) is 10.9. The fourth-order valence-corrected chi connectivity index (χ4v) is 8.32. The van der Waals surface area contributed by atoms with Gasteiger partial charge in [0.25, 0.3) is 0 Å². The summed E-state index contributed by atoms with van der Waals surface area (Å²) >= 11 is 0. The SMILES string of the molecule is Cc1ccc2cccc(-c3ccccc3N(c3ccc4ccccc4c3)c3cc(C(C)(C)C)ccc3-c3ccccc3)c2c1C1CCCCC1. The molecule has 0 radical (unpaired) electrons. The molecule has 7 aromatic rings. The molecule has 0 aliphatic heterocycles. The summed E-state index contributed by atoms with van der Waals surface area (Å²) in [6, 6.07) is 54.4. The van der Waals surface area contributed by atoms with Crippen molar-refractivity contribution in [3.8, 4) is 22.3 Å². The Hall–Kier alpha value is -5.14. The lowest BCUT2D eigenvalue weighted by Gasteiger charge is -2.32. The van der Waals surface area contributed by atoms with Crippen LogP contribution in [0.1, 0.15) is 75.5 Å². The van der Waals surface area contributed by atoms with Crippen LogP contribution in [0.25, 0.3) is 43.8 Å². The molecular weight excluding hydrogens is 603 g/mol. The van der Waals surface area contributed by atoms with E-state index in [9.17, 15) is 0 Å². The number of hydrogen-bond donors (Lipinski definition) is 0. The summed E-state index contributed by atoms with van der Waals surface area (Å²) in [5.41, 5.74) is 12.8. The second-order valence-corrected chi connectivity index (χ2v) is 15.3. The standard InChI is InChI=1S/C49H47N/c1-34-26-27-38-22-15-24-44(48(38)47(34)37-19-9-6-10-20-37)43-23-13-14-25-45(43)50(41-30-28-35-16-11-12-21-39(35)32-41)46-33-40(49(2,3)4)29-31-42(46)36-17-7-5-8-18-36/h5,7-8,11-18,21-33,37H,6,9-10,19-20H2,1-4H3. The van der Waals surface area contributed by atoms with Crippen molar-refractivity contribution in [1.29, 1.82) is 0 Å².